The Morgan fingerprint density at radius 3 is 3.14 bits per heavy atom. The zero-order valence-electron chi connectivity index (χ0n) is 12.6. The lowest BCUT2D eigenvalue weighted by molar-refractivity contribution is -0.0752. The van der Waals surface area contributed by atoms with Crippen molar-refractivity contribution in [1.29, 1.82) is 0 Å². The van der Waals surface area contributed by atoms with Crippen LogP contribution in [-0.4, -0.2) is 46.2 Å². The minimum absolute atomic E-state index is 0.0372. The Labute approximate surface area is 128 Å². The largest absolute Gasteiger partial charge is 0.374 e. The van der Waals surface area contributed by atoms with Crippen LogP contribution in [0.4, 0.5) is 0 Å². The SMILES string of the molecule is Cc1noc2ncc(C(=O)N3CCO[C@H]4CCCC[C@H]43)cc12. The molecule has 0 radical (unpaired) electrons. The van der Waals surface area contributed by atoms with Gasteiger partial charge < -0.3 is 14.2 Å². The van der Waals surface area contributed by atoms with Gasteiger partial charge in [0.25, 0.3) is 11.6 Å². The molecule has 3 heterocycles. The van der Waals surface area contributed by atoms with Crippen LogP contribution in [0, 0.1) is 6.92 Å². The molecule has 0 bridgehead atoms. The van der Waals surface area contributed by atoms with E-state index in [0.29, 0.717) is 24.4 Å². The van der Waals surface area contributed by atoms with Crippen LogP contribution in [0.3, 0.4) is 0 Å². The third kappa shape index (κ3) is 2.18. The molecule has 0 N–H and O–H groups in total. The molecule has 6 heteroatoms. The fraction of sp³-hybridized carbons (Fsp3) is 0.562. The number of morpholine rings is 1. The summed E-state index contributed by atoms with van der Waals surface area (Å²) >= 11 is 0. The van der Waals surface area contributed by atoms with Crippen LogP contribution in [0.5, 0.6) is 0 Å². The predicted molar refractivity (Wildman–Crippen MR) is 79.6 cm³/mol. The topological polar surface area (TPSA) is 68.5 Å². The van der Waals surface area contributed by atoms with Gasteiger partial charge >= 0.3 is 0 Å². The summed E-state index contributed by atoms with van der Waals surface area (Å²) in [4.78, 5) is 19.1. The van der Waals surface area contributed by atoms with E-state index >= 15 is 0 Å². The van der Waals surface area contributed by atoms with Crippen molar-refractivity contribution in [3.05, 3.63) is 23.5 Å². The Kier molecular flexibility index (Phi) is 3.33. The molecule has 0 aromatic carbocycles. The maximum absolute atomic E-state index is 12.9. The number of carbonyl (C=O) groups is 1. The number of fused-ring (bicyclic) bond motifs is 2. The maximum atomic E-state index is 12.9. The summed E-state index contributed by atoms with van der Waals surface area (Å²) in [6, 6.07) is 2.04. The molecule has 2 fully saturated rings. The molecule has 1 amide bonds. The van der Waals surface area contributed by atoms with Crippen molar-refractivity contribution < 1.29 is 14.1 Å². The number of ether oxygens (including phenoxy) is 1. The van der Waals surface area contributed by atoms with Crippen LogP contribution in [0.15, 0.2) is 16.8 Å². The van der Waals surface area contributed by atoms with Crippen LogP contribution in [0.25, 0.3) is 11.1 Å². The van der Waals surface area contributed by atoms with Gasteiger partial charge in [0.15, 0.2) is 0 Å². The molecule has 1 saturated heterocycles. The standard InChI is InChI=1S/C16H19N3O3/c1-10-12-8-11(9-17-15(12)22-18-10)16(20)19-6-7-21-14-5-3-2-4-13(14)19/h8-9,13-14H,2-7H2,1H3/t13-,14+/m1/s1. The van der Waals surface area contributed by atoms with Crippen molar-refractivity contribution in [2.24, 2.45) is 0 Å². The molecule has 4 rings (SSSR count). The molecule has 2 aromatic heterocycles. The lowest BCUT2D eigenvalue weighted by Crippen LogP contribution is -2.54. The Morgan fingerprint density at radius 1 is 1.36 bits per heavy atom. The van der Waals surface area contributed by atoms with E-state index in [2.05, 4.69) is 10.1 Å². The van der Waals surface area contributed by atoms with Crippen molar-refractivity contribution in [2.45, 2.75) is 44.8 Å². The summed E-state index contributed by atoms with van der Waals surface area (Å²) < 4.78 is 10.9. The number of pyridine rings is 1. The normalized spacial score (nSPS) is 25.2. The lowest BCUT2D eigenvalue weighted by atomic mass is 9.90. The molecule has 0 unspecified atom stereocenters. The van der Waals surface area contributed by atoms with Crippen LogP contribution < -0.4 is 0 Å². The molecule has 2 atom stereocenters. The number of hydrogen-bond acceptors (Lipinski definition) is 5. The molecule has 22 heavy (non-hydrogen) atoms. The summed E-state index contributed by atoms with van der Waals surface area (Å²) in [5.41, 5.74) is 1.84. The average Bonchev–Trinajstić information content (AvgIpc) is 2.94. The van der Waals surface area contributed by atoms with Gasteiger partial charge in [-0.3, -0.25) is 4.79 Å². The minimum atomic E-state index is 0.0372. The van der Waals surface area contributed by atoms with E-state index in [0.717, 1.165) is 30.3 Å². The number of amides is 1. The highest BCUT2D eigenvalue weighted by Gasteiger charge is 2.37. The van der Waals surface area contributed by atoms with E-state index in [1.165, 1.54) is 6.42 Å². The zero-order chi connectivity index (χ0) is 15.1. The first-order chi connectivity index (χ1) is 10.7. The van der Waals surface area contributed by atoms with Gasteiger partial charge in [-0.25, -0.2) is 4.98 Å². The molecule has 1 aliphatic heterocycles. The first-order valence-electron chi connectivity index (χ1n) is 7.88. The molecule has 116 valence electrons. The molecular weight excluding hydrogens is 282 g/mol. The number of hydrogen-bond donors (Lipinski definition) is 0. The molecule has 6 nitrogen and oxygen atoms in total. The van der Waals surface area contributed by atoms with Crippen LogP contribution in [0.1, 0.15) is 41.7 Å². The lowest BCUT2D eigenvalue weighted by Gasteiger charge is -2.43. The van der Waals surface area contributed by atoms with Gasteiger partial charge in [0.1, 0.15) is 0 Å². The Bertz CT molecular complexity index is 710. The number of carbonyl (C=O) groups excluding carboxylic acids is 1. The van der Waals surface area contributed by atoms with Gasteiger partial charge in [-0.15, -0.1) is 0 Å². The van der Waals surface area contributed by atoms with Gasteiger partial charge in [-0.2, -0.15) is 0 Å². The van der Waals surface area contributed by atoms with Crippen molar-refractivity contribution in [3.8, 4) is 0 Å². The molecule has 2 aromatic rings. The highest BCUT2D eigenvalue weighted by atomic mass is 16.5. The molecule has 2 aliphatic rings. The van der Waals surface area contributed by atoms with Crippen LogP contribution in [-0.2, 0) is 4.74 Å². The molecule has 1 saturated carbocycles. The predicted octanol–water partition coefficient (Wildman–Crippen LogP) is 2.31. The fourth-order valence-corrected chi connectivity index (χ4v) is 3.58. The zero-order valence-corrected chi connectivity index (χ0v) is 12.6. The van der Waals surface area contributed by atoms with Crippen molar-refractivity contribution >= 4 is 17.0 Å². The second-order valence-corrected chi connectivity index (χ2v) is 6.10. The monoisotopic (exact) mass is 301 g/mol. The smallest absolute Gasteiger partial charge is 0.257 e. The van der Waals surface area contributed by atoms with Gasteiger partial charge in [0.2, 0.25) is 0 Å². The third-order valence-corrected chi connectivity index (χ3v) is 4.75. The number of rotatable bonds is 1. The van der Waals surface area contributed by atoms with Crippen molar-refractivity contribution in [1.82, 2.24) is 15.0 Å². The first kappa shape index (κ1) is 13.7. The summed E-state index contributed by atoms with van der Waals surface area (Å²) in [5.74, 6) is 0.0372. The molecule has 0 spiro atoms. The van der Waals surface area contributed by atoms with E-state index in [9.17, 15) is 4.79 Å². The quantitative estimate of drug-likeness (QED) is 0.808. The number of aryl methyl sites for hydroxylation is 1. The fourth-order valence-electron chi connectivity index (χ4n) is 3.58. The van der Waals surface area contributed by atoms with Gasteiger partial charge in [-0.05, 0) is 25.8 Å². The Balaban J connectivity index is 1.65. The summed E-state index contributed by atoms with van der Waals surface area (Å²) in [6.45, 7) is 3.13. The second kappa shape index (κ2) is 5.35. The average molecular weight is 301 g/mol. The van der Waals surface area contributed by atoms with Crippen LogP contribution >= 0.6 is 0 Å². The van der Waals surface area contributed by atoms with E-state index < -0.39 is 0 Å². The van der Waals surface area contributed by atoms with E-state index in [1.54, 1.807) is 6.20 Å². The number of aromatic nitrogens is 2. The maximum Gasteiger partial charge on any atom is 0.257 e. The summed E-state index contributed by atoms with van der Waals surface area (Å²) in [7, 11) is 0. The minimum Gasteiger partial charge on any atom is -0.374 e. The van der Waals surface area contributed by atoms with E-state index in [1.807, 2.05) is 17.9 Å². The van der Waals surface area contributed by atoms with Crippen molar-refractivity contribution in [3.63, 3.8) is 0 Å². The second-order valence-electron chi connectivity index (χ2n) is 6.10. The number of nitrogens with zero attached hydrogens (tertiary/aromatic N) is 3. The van der Waals surface area contributed by atoms with Gasteiger partial charge in [0, 0.05) is 12.7 Å². The summed E-state index contributed by atoms with van der Waals surface area (Å²) in [6.07, 6.45) is 6.21. The van der Waals surface area contributed by atoms with Crippen molar-refractivity contribution in [2.75, 3.05) is 13.2 Å². The van der Waals surface area contributed by atoms with Crippen LogP contribution in [0.2, 0.25) is 0 Å². The Hall–Kier alpha value is -1.95. The third-order valence-electron chi connectivity index (χ3n) is 4.75. The summed E-state index contributed by atoms with van der Waals surface area (Å²) in [5, 5.41) is 4.70. The highest BCUT2D eigenvalue weighted by Crippen LogP contribution is 2.29. The van der Waals surface area contributed by atoms with Gasteiger partial charge in [0.05, 0.1) is 35.4 Å². The first-order valence-corrected chi connectivity index (χ1v) is 7.88. The highest BCUT2D eigenvalue weighted by molar-refractivity contribution is 5.97. The van der Waals surface area contributed by atoms with E-state index in [-0.39, 0.29) is 18.1 Å². The molecular formula is C16H19N3O3. The molecule has 1 aliphatic carbocycles. The van der Waals surface area contributed by atoms with E-state index in [4.69, 9.17) is 9.26 Å². The Morgan fingerprint density at radius 2 is 2.23 bits per heavy atom. The van der Waals surface area contributed by atoms with Gasteiger partial charge in [-0.1, -0.05) is 18.0 Å².